The Morgan fingerprint density at radius 1 is 1.42 bits per heavy atom. The summed E-state index contributed by atoms with van der Waals surface area (Å²) in [5.74, 6) is 0. The molecule has 0 atom stereocenters. The van der Waals surface area contributed by atoms with E-state index in [9.17, 15) is 0 Å². The fourth-order valence-corrected chi connectivity index (χ4v) is 1.45. The van der Waals surface area contributed by atoms with Crippen molar-refractivity contribution in [3.05, 3.63) is 35.5 Å². The van der Waals surface area contributed by atoms with Crippen molar-refractivity contribution in [2.24, 2.45) is 5.73 Å². The molecule has 0 saturated carbocycles. The van der Waals surface area contributed by atoms with Crippen molar-refractivity contribution in [2.45, 2.75) is 13.5 Å². The van der Waals surface area contributed by atoms with Crippen LogP contribution in [0.25, 0.3) is 10.9 Å². The Balaban J connectivity index is 2.69. The zero-order valence-electron chi connectivity index (χ0n) is 7.09. The summed E-state index contributed by atoms with van der Waals surface area (Å²) in [6.07, 6.45) is 2.02. The molecule has 0 amide bonds. The summed E-state index contributed by atoms with van der Waals surface area (Å²) in [6, 6.07) is 6.29. The summed E-state index contributed by atoms with van der Waals surface area (Å²) in [4.78, 5) is 3.21. The highest BCUT2D eigenvalue weighted by atomic mass is 14.7. The maximum absolute atomic E-state index is 5.53. The molecule has 1 aromatic carbocycles. The van der Waals surface area contributed by atoms with Crippen molar-refractivity contribution in [2.75, 3.05) is 0 Å². The number of aryl methyl sites for hydroxylation is 1. The molecule has 1 aromatic heterocycles. The monoisotopic (exact) mass is 160 g/mol. The van der Waals surface area contributed by atoms with Gasteiger partial charge in [0.05, 0.1) is 0 Å². The predicted molar refractivity (Wildman–Crippen MR) is 50.9 cm³/mol. The maximum atomic E-state index is 5.53. The number of aromatic nitrogens is 1. The van der Waals surface area contributed by atoms with E-state index < -0.39 is 0 Å². The number of fused-ring (bicyclic) bond motifs is 1. The number of benzene rings is 1. The van der Waals surface area contributed by atoms with Crippen LogP contribution < -0.4 is 5.73 Å². The van der Waals surface area contributed by atoms with Crippen LogP contribution in [-0.4, -0.2) is 4.98 Å². The molecular formula is C10H12N2. The third kappa shape index (κ3) is 1.01. The summed E-state index contributed by atoms with van der Waals surface area (Å²) in [5, 5.41) is 1.28. The van der Waals surface area contributed by atoms with Crippen molar-refractivity contribution >= 4 is 10.9 Å². The molecule has 62 valence electrons. The van der Waals surface area contributed by atoms with Crippen LogP contribution in [0.1, 0.15) is 11.1 Å². The maximum Gasteiger partial charge on any atom is 0.0459 e. The van der Waals surface area contributed by atoms with E-state index in [0.29, 0.717) is 6.54 Å². The fourth-order valence-electron chi connectivity index (χ4n) is 1.45. The Hall–Kier alpha value is -1.28. The van der Waals surface area contributed by atoms with E-state index in [0.717, 1.165) is 0 Å². The van der Waals surface area contributed by atoms with Crippen LogP contribution in [0, 0.1) is 6.92 Å². The van der Waals surface area contributed by atoms with Crippen molar-refractivity contribution < 1.29 is 0 Å². The van der Waals surface area contributed by atoms with Gasteiger partial charge in [-0.05, 0) is 24.1 Å². The molecule has 0 saturated heterocycles. The van der Waals surface area contributed by atoms with E-state index in [1.54, 1.807) is 0 Å². The highest BCUT2D eigenvalue weighted by Gasteiger charge is 1.98. The Morgan fingerprint density at radius 3 is 3.00 bits per heavy atom. The van der Waals surface area contributed by atoms with Crippen LogP contribution in [0.3, 0.4) is 0 Å². The number of nitrogens with one attached hydrogen (secondary N) is 1. The highest BCUT2D eigenvalue weighted by molar-refractivity contribution is 5.83. The molecule has 0 spiro atoms. The summed E-state index contributed by atoms with van der Waals surface area (Å²) in [7, 11) is 0. The number of hydrogen-bond donors (Lipinski definition) is 2. The smallest absolute Gasteiger partial charge is 0.0459 e. The molecule has 0 aliphatic heterocycles. The molecule has 0 aliphatic carbocycles. The molecule has 2 aromatic rings. The van der Waals surface area contributed by atoms with Gasteiger partial charge in [0.15, 0.2) is 0 Å². The molecule has 0 aliphatic rings. The van der Waals surface area contributed by atoms with Crippen LogP contribution in [0.15, 0.2) is 24.4 Å². The van der Waals surface area contributed by atoms with Gasteiger partial charge in [-0.1, -0.05) is 12.1 Å². The van der Waals surface area contributed by atoms with Crippen LogP contribution >= 0.6 is 0 Å². The Bertz CT molecular complexity index is 401. The Kier molecular flexibility index (Phi) is 1.62. The van der Waals surface area contributed by atoms with Crippen molar-refractivity contribution in [1.29, 1.82) is 0 Å². The van der Waals surface area contributed by atoms with Crippen LogP contribution in [0.2, 0.25) is 0 Å². The third-order valence-corrected chi connectivity index (χ3v) is 2.19. The van der Waals surface area contributed by atoms with Crippen molar-refractivity contribution in [3.63, 3.8) is 0 Å². The van der Waals surface area contributed by atoms with Gasteiger partial charge in [-0.2, -0.15) is 0 Å². The van der Waals surface area contributed by atoms with Gasteiger partial charge in [0.25, 0.3) is 0 Å². The number of nitrogens with two attached hydrogens (primary N) is 1. The summed E-state index contributed by atoms with van der Waals surface area (Å²) >= 11 is 0. The highest BCUT2D eigenvalue weighted by Crippen LogP contribution is 2.18. The average molecular weight is 160 g/mol. The normalized spacial score (nSPS) is 10.8. The molecule has 2 nitrogen and oxygen atoms in total. The topological polar surface area (TPSA) is 41.8 Å². The first-order chi connectivity index (χ1) is 5.81. The number of aromatic amines is 1. The van der Waals surface area contributed by atoms with Gasteiger partial charge in [0.1, 0.15) is 0 Å². The van der Waals surface area contributed by atoms with E-state index in [-0.39, 0.29) is 0 Å². The minimum Gasteiger partial charge on any atom is -0.361 e. The lowest BCUT2D eigenvalue weighted by Gasteiger charge is -1.96. The second kappa shape index (κ2) is 2.64. The standard InChI is InChI=1S/C10H12N2/c1-7-6-12-10-4-8(5-11)2-3-9(7)10/h2-4,6,12H,5,11H2,1H3. The lowest BCUT2D eigenvalue weighted by molar-refractivity contribution is 1.07. The molecule has 1 heterocycles. The van der Waals surface area contributed by atoms with E-state index in [1.165, 1.54) is 22.0 Å². The Morgan fingerprint density at radius 2 is 2.25 bits per heavy atom. The van der Waals surface area contributed by atoms with Gasteiger partial charge in [-0.25, -0.2) is 0 Å². The molecule has 3 N–H and O–H groups in total. The first kappa shape index (κ1) is 7.37. The zero-order valence-corrected chi connectivity index (χ0v) is 7.09. The van der Waals surface area contributed by atoms with Gasteiger partial charge in [-0.15, -0.1) is 0 Å². The number of rotatable bonds is 1. The lowest BCUT2D eigenvalue weighted by Crippen LogP contribution is -1.95. The Labute approximate surface area is 71.4 Å². The second-order valence-electron chi connectivity index (χ2n) is 3.06. The first-order valence-corrected chi connectivity index (χ1v) is 4.08. The minimum absolute atomic E-state index is 0.605. The SMILES string of the molecule is Cc1c[nH]c2cc(CN)ccc12. The van der Waals surface area contributed by atoms with Gasteiger partial charge in [0, 0.05) is 23.6 Å². The lowest BCUT2D eigenvalue weighted by atomic mass is 10.1. The number of H-pyrrole nitrogens is 1. The largest absolute Gasteiger partial charge is 0.361 e. The van der Waals surface area contributed by atoms with E-state index in [2.05, 4.69) is 30.1 Å². The molecule has 0 unspecified atom stereocenters. The van der Waals surface area contributed by atoms with E-state index >= 15 is 0 Å². The van der Waals surface area contributed by atoms with Crippen LogP contribution in [-0.2, 0) is 6.54 Å². The van der Waals surface area contributed by atoms with Gasteiger partial charge >= 0.3 is 0 Å². The average Bonchev–Trinajstić information content (AvgIpc) is 2.47. The molecule has 2 rings (SSSR count). The van der Waals surface area contributed by atoms with Crippen molar-refractivity contribution in [3.8, 4) is 0 Å². The van der Waals surface area contributed by atoms with E-state index in [4.69, 9.17) is 5.73 Å². The second-order valence-corrected chi connectivity index (χ2v) is 3.06. The summed E-state index contributed by atoms with van der Waals surface area (Å²) < 4.78 is 0. The fraction of sp³-hybridized carbons (Fsp3) is 0.200. The summed E-state index contributed by atoms with van der Waals surface area (Å²) in [5.41, 5.74) is 9.17. The first-order valence-electron chi connectivity index (χ1n) is 4.08. The van der Waals surface area contributed by atoms with Crippen LogP contribution in [0.5, 0.6) is 0 Å². The van der Waals surface area contributed by atoms with Gasteiger partial charge < -0.3 is 10.7 Å². The summed E-state index contributed by atoms with van der Waals surface area (Å²) in [6.45, 7) is 2.70. The van der Waals surface area contributed by atoms with Gasteiger partial charge in [0.2, 0.25) is 0 Å². The molecular weight excluding hydrogens is 148 g/mol. The quantitative estimate of drug-likeness (QED) is 0.657. The molecule has 0 fully saturated rings. The molecule has 12 heavy (non-hydrogen) atoms. The molecule has 0 bridgehead atoms. The molecule has 0 radical (unpaired) electrons. The predicted octanol–water partition coefficient (Wildman–Crippen LogP) is 1.94. The zero-order chi connectivity index (χ0) is 8.55. The minimum atomic E-state index is 0.605. The van der Waals surface area contributed by atoms with Crippen molar-refractivity contribution in [1.82, 2.24) is 4.98 Å². The number of hydrogen-bond acceptors (Lipinski definition) is 1. The van der Waals surface area contributed by atoms with E-state index in [1.807, 2.05) is 6.20 Å². The third-order valence-electron chi connectivity index (χ3n) is 2.19. The molecule has 2 heteroatoms. The van der Waals surface area contributed by atoms with Gasteiger partial charge in [-0.3, -0.25) is 0 Å². The van der Waals surface area contributed by atoms with Crippen LogP contribution in [0.4, 0.5) is 0 Å².